The first-order valence-electron chi connectivity index (χ1n) is 6.85. The molecule has 0 aliphatic heterocycles. The molecular weight excluding hydrogens is 373 g/mol. The SMILES string of the molecule is COC(C)=C1C=C(O[Si](C)(C)C)C(NC(C)(C)C)=[C]1[Ti+2].[Cl-].[Cl-]. The molecule has 0 unspecified atom stereocenters. The summed E-state index contributed by atoms with van der Waals surface area (Å²) in [7, 11) is 0.0566. The van der Waals surface area contributed by atoms with E-state index >= 15 is 0 Å². The van der Waals surface area contributed by atoms with Crippen LogP contribution in [0.1, 0.15) is 27.7 Å². The quantitative estimate of drug-likeness (QED) is 0.431. The predicted octanol–water partition coefficient (Wildman–Crippen LogP) is -2.19. The number of allylic oxidation sites excluding steroid dienone is 4. The Morgan fingerprint density at radius 1 is 1.18 bits per heavy atom. The van der Waals surface area contributed by atoms with Crippen molar-refractivity contribution in [2.45, 2.75) is 52.9 Å². The molecule has 3 nitrogen and oxygen atoms in total. The second-order valence-electron chi connectivity index (χ2n) is 7.02. The molecule has 1 rings (SSSR count). The van der Waals surface area contributed by atoms with Gasteiger partial charge in [0.1, 0.15) is 0 Å². The van der Waals surface area contributed by atoms with Gasteiger partial charge in [-0.3, -0.25) is 0 Å². The molecule has 0 atom stereocenters. The Morgan fingerprint density at radius 3 is 2.05 bits per heavy atom. The molecule has 0 aromatic heterocycles. The molecule has 0 saturated carbocycles. The molecule has 0 spiro atoms. The van der Waals surface area contributed by atoms with Gasteiger partial charge in [0.15, 0.2) is 0 Å². The van der Waals surface area contributed by atoms with E-state index in [1.807, 2.05) is 6.92 Å². The van der Waals surface area contributed by atoms with Crippen LogP contribution >= 0.6 is 0 Å². The van der Waals surface area contributed by atoms with Crippen molar-refractivity contribution in [1.82, 2.24) is 5.32 Å². The average molecular weight is 399 g/mol. The van der Waals surface area contributed by atoms with Crippen molar-refractivity contribution in [1.29, 1.82) is 0 Å². The van der Waals surface area contributed by atoms with Gasteiger partial charge in [0.25, 0.3) is 0 Å². The summed E-state index contributed by atoms with van der Waals surface area (Å²) in [4.78, 5) is 0. The van der Waals surface area contributed by atoms with Gasteiger partial charge in [-0.1, -0.05) is 0 Å². The van der Waals surface area contributed by atoms with Crippen LogP contribution in [0.15, 0.2) is 32.7 Å². The summed E-state index contributed by atoms with van der Waals surface area (Å²) in [6, 6.07) is 0. The Hall–Kier alpha value is 0.131. The summed E-state index contributed by atoms with van der Waals surface area (Å²) in [5.74, 6) is 1.87. The van der Waals surface area contributed by atoms with Gasteiger partial charge in [0, 0.05) is 0 Å². The van der Waals surface area contributed by atoms with Crippen molar-refractivity contribution in [3.8, 4) is 0 Å². The number of nitrogens with one attached hydrogen (secondary N) is 1. The Kier molecular flexibility index (Phi) is 9.79. The number of hydrogen-bond acceptors (Lipinski definition) is 3. The van der Waals surface area contributed by atoms with Crippen LogP contribution in [0.3, 0.4) is 0 Å². The van der Waals surface area contributed by atoms with Crippen LogP contribution in [0.25, 0.3) is 0 Å². The Balaban J connectivity index is 0. The molecule has 0 bridgehead atoms. The molecule has 0 fully saturated rings. The third kappa shape index (κ3) is 7.14. The Morgan fingerprint density at radius 2 is 1.68 bits per heavy atom. The minimum atomic E-state index is -1.65. The third-order valence-corrected chi connectivity index (χ3v) is 4.29. The van der Waals surface area contributed by atoms with Crippen LogP contribution in [0.4, 0.5) is 0 Å². The van der Waals surface area contributed by atoms with Crippen molar-refractivity contribution in [3.63, 3.8) is 0 Å². The maximum Gasteiger partial charge on any atom is -1.00 e. The summed E-state index contributed by atoms with van der Waals surface area (Å²) in [6.45, 7) is 15.1. The molecule has 0 aromatic carbocycles. The average Bonchev–Trinajstić information content (AvgIpc) is 2.52. The van der Waals surface area contributed by atoms with Gasteiger partial charge < -0.3 is 24.8 Å². The van der Waals surface area contributed by atoms with Crippen LogP contribution in [0.5, 0.6) is 0 Å². The van der Waals surface area contributed by atoms with E-state index < -0.39 is 8.32 Å². The van der Waals surface area contributed by atoms with E-state index in [1.54, 1.807) is 7.11 Å². The van der Waals surface area contributed by atoms with Crippen molar-refractivity contribution >= 4 is 8.32 Å². The normalized spacial score (nSPS) is 17.3. The Labute approximate surface area is 160 Å². The predicted molar refractivity (Wildman–Crippen MR) is 82.1 cm³/mol. The standard InChI is InChI=1S/C15H26NO2Si.2ClH.Ti/c1-11(17-5)12-9-13(16-15(2,3)4)14(10-12)18-19(6,7)8;;;/h10,16H,1-8H3;2*1H;/q;;;+2/p-2. The maximum atomic E-state index is 6.24. The van der Waals surface area contributed by atoms with Gasteiger partial charge in [-0.05, 0) is 0 Å². The van der Waals surface area contributed by atoms with E-state index in [0.29, 0.717) is 0 Å². The van der Waals surface area contributed by atoms with E-state index in [4.69, 9.17) is 9.16 Å². The van der Waals surface area contributed by atoms with E-state index in [2.05, 4.69) is 72.2 Å². The van der Waals surface area contributed by atoms with Crippen LogP contribution in [-0.4, -0.2) is 21.0 Å². The fourth-order valence-corrected chi connectivity index (χ4v) is 3.33. The second kappa shape index (κ2) is 8.84. The van der Waals surface area contributed by atoms with Gasteiger partial charge in [-0.2, -0.15) is 0 Å². The molecule has 0 aromatic rings. The minimum Gasteiger partial charge on any atom is -1.00 e. The molecule has 0 saturated heterocycles. The fraction of sp³-hybridized carbons (Fsp3) is 0.600. The topological polar surface area (TPSA) is 30.5 Å². The summed E-state index contributed by atoms with van der Waals surface area (Å²) in [5.41, 5.74) is 2.20. The molecule has 1 aliphatic rings. The van der Waals surface area contributed by atoms with Crippen molar-refractivity contribution in [3.05, 3.63) is 32.7 Å². The smallest absolute Gasteiger partial charge is 1.00 e. The first-order valence-corrected chi connectivity index (χ1v) is 11.0. The zero-order valence-electron chi connectivity index (χ0n) is 14.6. The Bertz CT molecular complexity index is 489. The van der Waals surface area contributed by atoms with Gasteiger partial charge in [0.2, 0.25) is 0 Å². The van der Waals surface area contributed by atoms with Gasteiger partial charge in [0.05, 0.1) is 0 Å². The molecule has 0 amide bonds. The monoisotopic (exact) mass is 398 g/mol. The van der Waals surface area contributed by atoms with Crippen molar-refractivity contribution in [2.24, 2.45) is 0 Å². The summed E-state index contributed by atoms with van der Waals surface area (Å²) >= 11 is 2.11. The van der Waals surface area contributed by atoms with Gasteiger partial charge >= 0.3 is 136 Å². The van der Waals surface area contributed by atoms with E-state index in [0.717, 1.165) is 22.8 Å². The molecule has 1 N–H and O–H groups in total. The largest absolute Gasteiger partial charge is 1.00 e. The van der Waals surface area contributed by atoms with E-state index in [-0.39, 0.29) is 30.4 Å². The van der Waals surface area contributed by atoms with Crippen molar-refractivity contribution in [2.75, 3.05) is 7.11 Å². The molecule has 22 heavy (non-hydrogen) atoms. The summed E-state index contributed by atoms with van der Waals surface area (Å²) in [5, 5.41) is 3.57. The van der Waals surface area contributed by atoms with Gasteiger partial charge in [-0.25, -0.2) is 0 Å². The second-order valence-corrected chi connectivity index (χ2v) is 12.2. The van der Waals surface area contributed by atoms with Gasteiger partial charge in [-0.15, -0.1) is 0 Å². The van der Waals surface area contributed by atoms with E-state index in [1.165, 1.54) is 3.88 Å². The molecule has 7 heteroatoms. The molecule has 0 heterocycles. The zero-order chi connectivity index (χ0) is 15.7. The van der Waals surface area contributed by atoms with Crippen LogP contribution in [-0.2, 0) is 29.6 Å². The number of rotatable bonds is 4. The number of methoxy groups -OCH3 is 1. The molecule has 0 radical (unpaired) electrons. The number of halogens is 2. The molecular formula is C15H26Cl2NO2SiTi. The van der Waals surface area contributed by atoms with E-state index in [9.17, 15) is 0 Å². The molecule has 1 aliphatic carbocycles. The third-order valence-electron chi connectivity index (χ3n) is 2.64. The van der Waals surface area contributed by atoms with Crippen LogP contribution in [0, 0.1) is 0 Å². The number of hydrogen-bond donors (Lipinski definition) is 1. The van der Waals surface area contributed by atoms with Crippen molar-refractivity contribution < 1.29 is 54.4 Å². The fourth-order valence-electron chi connectivity index (χ4n) is 1.83. The minimum absolute atomic E-state index is 0. The maximum absolute atomic E-state index is 6.24. The zero-order valence-corrected chi connectivity index (χ0v) is 18.7. The summed E-state index contributed by atoms with van der Waals surface area (Å²) < 4.78 is 12.8. The number of ether oxygens (including phenoxy) is 1. The molecule has 125 valence electrons. The first-order chi connectivity index (χ1) is 8.94. The first kappa shape index (κ1) is 24.4. The summed E-state index contributed by atoms with van der Waals surface area (Å²) in [6.07, 6.45) is 2.10. The van der Waals surface area contributed by atoms with Crippen LogP contribution < -0.4 is 30.1 Å². The van der Waals surface area contributed by atoms with Crippen LogP contribution in [0.2, 0.25) is 19.6 Å².